The van der Waals surface area contributed by atoms with Crippen LogP contribution in [0.25, 0.3) is 0 Å². The SMILES string of the molecule is Cc1cccc(N2CCN(C(=S)c3ccc4c(c3)OCO4)CC2)c1. The van der Waals surface area contributed by atoms with Gasteiger partial charge in [-0.05, 0) is 42.8 Å². The van der Waals surface area contributed by atoms with Crippen LogP contribution in [0.15, 0.2) is 42.5 Å². The number of ether oxygens (including phenoxy) is 2. The minimum Gasteiger partial charge on any atom is -0.454 e. The van der Waals surface area contributed by atoms with Crippen LogP contribution < -0.4 is 14.4 Å². The number of fused-ring (bicyclic) bond motifs is 1. The molecular weight excluding hydrogens is 320 g/mol. The van der Waals surface area contributed by atoms with E-state index in [1.165, 1.54) is 11.3 Å². The monoisotopic (exact) mass is 340 g/mol. The van der Waals surface area contributed by atoms with Crippen molar-refractivity contribution in [3.8, 4) is 11.5 Å². The molecule has 0 spiro atoms. The van der Waals surface area contributed by atoms with Crippen LogP contribution in [-0.2, 0) is 0 Å². The Balaban J connectivity index is 1.43. The minimum absolute atomic E-state index is 0.292. The highest BCUT2D eigenvalue weighted by Gasteiger charge is 2.22. The van der Waals surface area contributed by atoms with Crippen molar-refractivity contribution >= 4 is 22.9 Å². The van der Waals surface area contributed by atoms with Crippen molar-refractivity contribution in [2.24, 2.45) is 0 Å². The van der Waals surface area contributed by atoms with Crippen molar-refractivity contribution in [3.05, 3.63) is 53.6 Å². The Morgan fingerprint density at radius 2 is 1.75 bits per heavy atom. The number of hydrogen-bond donors (Lipinski definition) is 0. The van der Waals surface area contributed by atoms with Crippen LogP contribution in [0, 0.1) is 6.92 Å². The minimum atomic E-state index is 0.292. The highest BCUT2D eigenvalue weighted by atomic mass is 32.1. The summed E-state index contributed by atoms with van der Waals surface area (Å²) in [4.78, 5) is 5.59. The first-order valence-electron chi connectivity index (χ1n) is 8.21. The Kier molecular flexibility index (Phi) is 4.02. The molecule has 124 valence electrons. The van der Waals surface area contributed by atoms with Crippen LogP contribution in [0.5, 0.6) is 11.5 Å². The average molecular weight is 340 g/mol. The van der Waals surface area contributed by atoms with E-state index < -0.39 is 0 Å². The van der Waals surface area contributed by atoms with Gasteiger partial charge >= 0.3 is 0 Å². The molecule has 4 nitrogen and oxygen atoms in total. The molecule has 0 saturated carbocycles. The molecular formula is C19H20N2O2S. The zero-order valence-corrected chi connectivity index (χ0v) is 14.5. The second-order valence-corrected chi connectivity index (χ2v) is 6.57. The molecule has 2 aliphatic rings. The lowest BCUT2D eigenvalue weighted by molar-refractivity contribution is 0.174. The normalized spacial score (nSPS) is 16.4. The van der Waals surface area contributed by atoms with Gasteiger partial charge in [0.25, 0.3) is 0 Å². The largest absolute Gasteiger partial charge is 0.454 e. The third-order valence-corrected chi connectivity index (χ3v) is 5.05. The maximum Gasteiger partial charge on any atom is 0.231 e. The van der Waals surface area contributed by atoms with E-state index in [4.69, 9.17) is 21.7 Å². The van der Waals surface area contributed by atoms with Gasteiger partial charge in [-0.3, -0.25) is 0 Å². The smallest absolute Gasteiger partial charge is 0.231 e. The Morgan fingerprint density at radius 3 is 2.54 bits per heavy atom. The first-order chi connectivity index (χ1) is 11.7. The molecule has 0 unspecified atom stereocenters. The summed E-state index contributed by atoms with van der Waals surface area (Å²) in [6, 6.07) is 14.6. The van der Waals surface area contributed by atoms with Gasteiger partial charge in [-0.15, -0.1) is 0 Å². The molecule has 0 amide bonds. The molecule has 2 heterocycles. The molecule has 0 N–H and O–H groups in total. The maximum absolute atomic E-state index is 5.70. The van der Waals surface area contributed by atoms with Crippen molar-refractivity contribution in [1.82, 2.24) is 4.90 Å². The number of anilines is 1. The quantitative estimate of drug-likeness (QED) is 0.782. The third kappa shape index (κ3) is 2.91. The van der Waals surface area contributed by atoms with Gasteiger partial charge in [-0.25, -0.2) is 0 Å². The number of hydrogen-bond acceptors (Lipinski definition) is 4. The predicted octanol–water partition coefficient (Wildman–Crippen LogP) is 3.22. The molecule has 1 saturated heterocycles. The highest BCUT2D eigenvalue weighted by molar-refractivity contribution is 7.80. The number of thiocarbonyl (C=S) groups is 1. The number of rotatable bonds is 2. The van der Waals surface area contributed by atoms with E-state index >= 15 is 0 Å². The van der Waals surface area contributed by atoms with Crippen LogP contribution in [0.4, 0.5) is 5.69 Å². The van der Waals surface area contributed by atoms with E-state index in [1.54, 1.807) is 0 Å². The molecule has 0 aliphatic carbocycles. The van der Waals surface area contributed by atoms with Crippen molar-refractivity contribution in [3.63, 3.8) is 0 Å². The van der Waals surface area contributed by atoms with E-state index in [9.17, 15) is 0 Å². The van der Waals surface area contributed by atoms with E-state index in [-0.39, 0.29) is 0 Å². The van der Waals surface area contributed by atoms with E-state index in [1.807, 2.05) is 18.2 Å². The number of benzene rings is 2. The predicted molar refractivity (Wildman–Crippen MR) is 99.2 cm³/mol. The van der Waals surface area contributed by atoms with Gasteiger partial charge in [-0.1, -0.05) is 24.4 Å². The van der Waals surface area contributed by atoms with Gasteiger partial charge in [-0.2, -0.15) is 0 Å². The Labute approximate surface area is 147 Å². The molecule has 4 rings (SSSR count). The molecule has 2 aromatic rings. The number of aryl methyl sites for hydroxylation is 1. The van der Waals surface area contributed by atoms with Gasteiger partial charge in [0, 0.05) is 37.4 Å². The first kappa shape index (κ1) is 15.3. The first-order valence-corrected chi connectivity index (χ1v) is 8.62. The van der Waals surface area contributed by atoms with Crippen molar-refractivity contribution in [2.45, 2.75) is 6.92 Å². The van der Waals surface area contributed by atoms with E-state index in [2.05, 4.69) is 41.0 Å². The summed E-state index contributed by atoms with van der Waals surface area (Å²) in [5.41, 5.74) is 3.62. The van der Waals surface area contributed by atoms with Crippen LogP contribution in [0.3, 0.4) is 0 Å². The summed E-state index contributed by atoms with van der Waals surface area (Å²) in [6.45, 7) is 6.25. The number of nitrogens with zero attached hydrogens (tertiary/aromatic N) is 2. The third-order valence-electron chi connectivity index (χ3n) is 4.55. The molecule has 0 radical (unpaired) electrons. The fourth-order valence-corrected chi connectivity index (χ4v) is 3.51. The number of piperazine rings is 1. The maximum atomic E-state index is 5.70. The van der Waals surface area contributed by atoms with E-state index in [0.29, 0.717) is 6.79 Å². The van der Waals surface area contributed by atoms with Crippen LogP contribution in [-0.4, -0.2) is 42.9 Å². The molecule has 0 bridgehead atoms. The molecule has 1 fully saturated rings. The van der Waals surface area contributed by atoms with Gasteiger partial charge in [0.15, 0.2) is 11.5 Å². The summed E-state index contributed by atoms with van der Waals surface area (Å²) in [5, 5.41) is 0. The van der Waals surface area contributed by atoms with Gasteiger partial charge in [0.2, 0.25) is 6.79 Å². The van der Waals surface area contributed by atoms with Gasteiger partial charge in [0.05, 0.1) is 0 Å². The molecule has 2 aromatic carbocycles. The summed E-state index contributed by atoms with van der Waals surface area (Å²) < 4.78 is 10.8. The molecule has 24 heavy (non-hydrogen) atoms. The molecule has 2 aliphatic heterocycles. The fraction of sp³-hybridized carbons (Fsp3) is 0.316. The zero-order valence-electron chi connectivity index (χ0n) is 13.7. The van der Waals surface area contributed by atoms with Crippen molar-refractivity contribution in [1.29, 1.82) is 0 Å². The van der Waals surface area contributed by atoms with Gasteiger partial charge in [0.1, 0.15) is 4.99 Å². The highest BCUT2D eigenvalue weighted by Crippen LogP contribution is 2.33. The van der Waals surface area contributed by atoms with E-state index in [0.717, 1.165) is 48.2 Å². The molecule has 0 atom stereocenters. The second kappa shape index (κ2) is 6.32. The van der Waals surface area contributed by atoms with Crippen molar-refractivity contribution in [2.75, 3.05) is 37.9 Å². The second-order valence-electron chi connectivity index (χ2n) is 6.19. The lowest BCUT2D eigenvalue weighted by Gasteiger charge is -2.37. The summed E-state index contributed by atoms with van der Waals surface area (Å²) in [7, 11) is 0. The Morgan fingerprint density at radius 1 is 0.958 bits per heavy atom. The zero-order chi connectivity index (χ0) is 16.5. The molecule has 5 heteroatoms. The Hall–Kier alpha value is -2.27. The van der Waals surface area contributed by atoms with Crippen LogP contribution >= 0.6 is 12.2 Å². The lowest BCUT2D eigenvalue weighted by Crippen LogP contribution is -2.48. The average Bonchev–Trinajstić information content (AvgIpc) is 3.09. The Bertz CT molecular complexity index is 770. The van der Waals surface area contributed by atoms with Crippen LogP contribution in [0.1, 0.15) is 11.1 Å². The summed E-state index contributed by atoms with van der Waals surface area (Å²) in [6.07, 6.45) is 0. The lowest BCUT2D eigenvalue weighted by atomic mass is 10.1. The standard InChI is InChI=1S/C19H20N2O2S/c1-14-3-2-4-16(11-14)20-7-9-21(10-8-20)19(24)15-5-6-17-18(12-15)23-13-22-17/h2-6,11-12H,7-10,13H2,1H3. The van der Waals surface area contributed by atoms with Crippen molar-refractivity contribution < 1.29 is 9.47 Å². The van der Waals surface area contributed by atoms with Crippen LogP contribution in [0.2, 0.25) is 0 Å². The summed E-state index contributed by atoms with van der Waals surface area (Å²) >= 11 is 5.70. The van der Waals surface area contributed by atoms with Gasteiger partial charge < -0.3 is 19.3 Å². The topological polar surface area (TPSA) is 24.9 Å². The fourth-order valence-electron chi connectivity index (χ4n) is 3.20. The molecule has 0 aromatic heterocycles. The summed E-state index contributed by atoms with van der Waals surface area (Å²) in [5.74, 6) is 1.58.